The van der Waals surface area contributed by atoms with Gasteiger partial charge < -0.3 is 10.6 Å². The first kappa shape index (κ1) is 19.3. The predicted molar refractivity (Wildman–Crippen MR) is 102 cm³/mol. The van der Waals surface area contributed by atoms with Crippen molar-refractivity contribution in [2.45, 2.75) is 32.7 Å². The highest BCUT2D eigenvalue weighted by Crippen LogP contribution is 2.25. The second-order valence-electron chi connectivity index (χ2n) is 6.67. The molecule has 2 N–H and O–H groups in total. The first-order valence-electron chi connectivity index (χ1n) is 7.81. The van der Waals surface area contributed by atoms with E-state index in [9.17, 15) is 9.59 Å². The summed E-state index contributed by atoms with van der Waals surface area (Å²) in [6.07, 6.45) is 0.0216. The van der Waals surface area contributed by atoms with Crippen LogP contribution in [-0.4, -0.2) is 17.4 Å². The number of hydrogen-bond acceptors (Lipinski definition) is 2. The van der Waals surface area contributed by atoms with Gasteiger partial charge in [-0.15, -0.1) is 0 Å². The molecule has 132 valence electrons. The number of benzene rings is 2. The summed E-state index contributed by atoms with van der Waals surface area (Å²) in [7, 11) is 0. The van der Waals surface area contributed by atoms with Gasteiger partial charge >= 0.3 is 0 Å². The van der Waals surface area contributed by atoms with Gasteiger partial charge in [0, 0.05) is 15.6 Å². The van der Waals surface area contributed by atoms with E-state index < -0.39 is 0 Å². The maximum absolute atomic E-state index is 12.4. The lowest BCUT2D eigenvalue weighted by Gasteiger charge is -2.21. The highest BCUT2D eigenvalue weighted by atomic mass is 35.5. The van der Waals surface area contributed by atoms with E-state index in [-0.39, 0.29) is 23.8 Å². The molecular formula is C19H20Cl2N2O2. The molecule has 2 aromatic rings. The molecule has 0 atom stereocenters. The number of carbonyl (C=O) groups excluding carboxylic acids is 2. The molecule has 0 fully saturated rings. The van der Waals surface area contributed by atoms with E-state index in [0.29, 0.717) is 26.9 Å². The average Bonchev–Trinajstić information content (AvgIpc) is 2.50. The fourth-order valence-corrected chi connectivity index (χ4v) is 2.79. The van der Waals surface area contributed by atoms with E-state index in [1.54, 1.807) is 42.5 Å². The van der Waals surface area contributed by atoms with Gasteiger partial charge in [0.1, 0.15) is 0 Å². The number of hydrogen-bond donors (Lipinski definition) is 2. The van der Waals surface area contributed by atoms with E-state index in [4.69, 9.17) is 23.2 Å². The summed E-state index contributed by atoms with van der Waals surface area (Å²) in [4.78, 5) is 24.8. The van der Waals surface area contributed by atoms with Crippen LogP contribution in [0.15, 0.2) is 42.5 Å². The van der Waals surface area contributed by atoms with Gasteiger partial charge in [0.25, 0.3) is 5.91 Å². The van der Waals surface area contributed by atoms with Crippen molar-refractivity contribution in [3.63, 3.8) is 0 Å². The zero-order chi connectivity index (χ0) is 18.6. The molecular weight excluding hydrogens is 359 g/mol. The first-order valence-corrected chi connectivity index (χ1v) is 8.57. The van der Waals surface area contributed by atoms with Gasteiger partial charge in [-0.25, -0.2) is 0 Å². The van der Waals surface area contributed by atoms with Crippen molar-refractivity contribution in [1.82, 2.24) is 5.32 Å². The summed E-state index contributed by atoms with van der Waals surface area (Å²) in [5.74, 6) is -0.551. The monoisotopic (exact) mass is 378 g/mol. The highest BCUT2D eigenvalue weighted by molar-refractivity contribution is 6.36. The molecule has 0 bridgehead atoms. The number of carbonyl (C=O) groups is 2. The Hall–Kier alpha value is -2.04. The zero-order valence-corrected chi connectivity index (χ0v) is 15.8. The lowest BCUT2D eigenvalue weighted by atomic mass is 10.1. The van der Waals surface area contributed by atoms with Crippen LogP contribution in [0.25, 0.3) is 0 Å². The Morgan fingerprint density at radius 1 is 0.960 bits per heavy atom. The molecule has 0 saturated heterocycles. The van der Waals surface area contributed by atoms with E-state index >= 15 is 0 Å². The molecule has 0 unspecified atom stereocenters. The van der Waals surface area contributed by atoms with Crippen molar-refractivity contribution in [2.75, 3.05) is 5.32 Å². The Bertz CT molecular complexity index is 778. The minimum absolute atomic E-state index is 0.0216. The number of halogens is 2. The van der Waals surface area contributed by atoms with Crippen LogP contribution in [-0.2, 0) is 11.2 Å². The Morgan fingerprint density at radius 2 is 1.56 bits per heavy atom. The summed E-state index contributed by atoms with van der Waals surface area (Å²) in [6, 6.07) is 11.9. The Balaban J connectivity index is 2.18. The van der Waals surface area contributed by atoms with Crippen molar-refractivity contribution in [1.29, 1.82) is 0 Å². The van der Waals surface area contributed by atoms with Crippen LogP contribution in [0.4, 0.5) is 5.69 Å². The highest BCUT2D eigenvalue weighted by Gasteiger charge is 2.19. The van der Waals surface area contributed by atoms with Crippen LogP contribution in [0.2, 0.25) is 10.0 Å². The summed E-state index contributed by atoms with van der Waals surface area (Å²) in [6.45, 7) is 5.68. The quantitative estimate of drug-likeness (QED) is 0.809. The third-order valence-corrected chi connectivity index (χ3v) is 4.04. The lowest BCUT2D eigenvalue weighted by Crippen LogP contribution is -2.40. The van der Waals surface area contributed by atoms with Crippen molar-refractivity contribution in [3.8, 4) is 0 Å². The van der Waals surface area contributed by atoms with Gasteiger partial charge in [-0.2, -0.15) is 0 Å². The van der Waals surface area contributed by atoms with Crippen molar-refractivity contribution >= 4 is 40.7 Å². The SMILES string of the molecule is CC(C)(C)NC(=O)c1ccccc1NC(=O)Cc1c(Cl)cccc1Cl. The molecule has 6 heteroatoms. The lowest BCUT2D eigenvalue weighted by molar-refractivity contribution is -0.115. The van der Waals surface area contributed by atoms with Crippen LogP contribution >= 0.6 is 23.2 Å². The van der Waals surface area contributed by atoms with Gasteiger partial charge in [-0.1, -0.05) is 41.4 Å². The van der Waals surface area contributed by atoms with E-state index in [1.165, 1.54) is 0 Å². The number of amides is 2. The number of anilines is 1. The second kappa shape index (κ2) is 7.89. The molecule has 0 aliphatic carbocycles. The molecule has 2 aromatic carbocycles. The summed E-state index contributed by atoms with van der Waals surface area (Å²) in [5, 5.41) is 6.51. The van der Waals surface area contributed by atoms with E-state index in [1.807, 2.05) is 20.8 Å². The minimum atomic E-state index is -0.376. The van der Waals surface area contributed by atoms with Crippen LogP contribution < -0.4 is 10.6 Å². The second-order valence-corrected chi connectivity index (χ2v) is 7.49. The Morgan fingerprint density at radius 3 is 2.16 bits per heavy atom. The van der Waals surface area contributed by atoms with E-state index in [0.717, 1.165) is 0 Å². The molecule has 2 amide bonds. The fourth-order valence-electron chi connectivity index (χ4n) is 2.25. The molecule has 0 aromatic heterocycles. The molecule has 0 spiro atoms. The van der Waals surface area contributed by atoms with Crippen LogP contribution in [0.5, 0.6) is 0 Å². The van der Waals surface area contributed by atoms with Crippen molar-refractivity contribution in [2.24, 2.45) is 0 Å². The predicted octanol–water partition coefficient (Wildman–Crippen LogP) is 4.70. The van der Waals surface area contributed by atoms with Crippen LogP contribution in [0, 0.1) is 0 Å². The molecule has 0 aliphatic rings. The number of nitrogens with one attached hydrogen (secondary N) is 2. The molecule has 2 rings (SSSR count). The van der Waals surface area contributed by atoms with E-state index in [2.05, 4.69) is 10.6 Å². The largest absolute Gasteiger partial charge is 0.347 e. The molecule has 25 heavy (non-hydrogen) atoms. The zero-order valence-electron chi connectivity index (χ0n) is 14.3. The maximum Gasteiger partial charge on any atom is 0.253 e. The third-order valence-electron chi connectivity index (χ3n) is 3.33. The normalized spacial score (nSPS) is 11.1. The summed E-state index contributed by atoms with van der Waals surface area (Å²) < 4.78 is 0. The maximum atomic E-state index is 12.4. The molecule has 0 saturated carbocycles. The fraction of sp³-hybridized carbons (Fsp3) is 0.263. The minimum Gasteiger partial charge on any atom is -0.347 e. The first-order chi connectivity index (χ1) is 11.7. The molecule has 4 nitrogen and oxygen atoms in total. The summed E-state index contributed by atoms with van der Waals surface area (Å²) >= 11 is 12.2. The van der Waals surface area contributed by atoms with Crippen molar-refractivity contribution < 1.29 is 9.59 Å². The molecule has 0 radical (unpaired) electrons. The van der Waals surface area contributed by atoms with Crippen LogP contribution in [0.3, 0.4) is 0 Å². The van der Waals surface area contributed by atoms with Gasteiger partial charge in [0.2, 0.25) is 5.91 Å². The van der Waals surface area contributed by atoms with Crippen molar-refractivity contribution in [3.05, 3.63) is 63.6 Å². The smallest absolute Gasteiger partial charge is 0.253 e. The summed E-state index contributed by atoms with van der Waals surface area (Å²) in [5.41, 5.74) is 1.02. The van der Waals surface area contributed by atoms with Gasteiger partial charge in [-0.05, 0) is 50.6 Å². The Labute approximate surface area is 157 Å². The van der Waals surface area contributed by atoms with Gasteiger partial charge in [0.05, 0.1) is 17.7 Å². The van der Waals surface area contributed by atoms with Crippen LogP contribution in [0.1, 0.15) is 36.7 Å². The Kier molecular flexibility index (Phi) is 6.09. The number of para-hydroxylation sites is 1. The topological polar surface area (TPSA) is 58.2 Å². The number of rotatable bonds is 4. The van der Waals surface area contributed by atoms with Gasteiger partial charge in [-0.3, -0.25) is 9.59 Å². The molecule has 0 aliphatic heterocycles. The average molecular weight is 379 g/mol. The third kappa shape index (κ3) is 5.48. The van der Waals surface area contributed by atoms with Gasteiger partial charge in [0.15, 0.2) is 0 Å². The standard InChI is InChI=1S/C19H20Cl2N2O2/c1-19(2,3)23-18(25)12-7-4-5-10-16(12)22-17(24)11-13-14(20)8-6-9-15(13)21/h4-10H,11H2,1-3H3,(H,22,24)(H,23,25). The molecule has 0 heterocycles.